The average molecular weight is 437 g/mol. The molecule has 1 heterocycles. The number of anilines is 2. The molecule has 172 valence electrons. The first-order chi connectivity index (χ1) is 15.4. The molecule has 2 aliphatic rings. The number of carbonyl (C=O) groups excluding carboxylic acids is 1. The van der Waals surface area contributed by atoms with E-state index in [9.17, 15) is 4.79 Å². The van der Waals surface area contributed by atoms with Crippen LogP contribution in [-0.4, -0.2) is 47.1 Å². The number of aryl methyl sites for hydroxylation is 1. The van der Waals surface area contributed by atoms with E-state index >= 15 is 0 Å². The Morgan fingerprint density at radius 2 is 1.75 bits per heavy atom. The number of urea groups is 1. The molecule has 32 heavy (non-hydrogen) atoms. The van der Waals surface area contributed by atoms with Gasteiger partial charge >= 0.3 is 6.03 Å². The molecule has 7 heteroatoms. The van der Waals surface area contributed by atoms with E-state index < -0.39 is 0 Å². The van der Waals surface area contributed by atoms with E-state index in [2.05, 4.69) is 43.4 Å². The Hall–Kier alpha value is -2.83. The second-order valence-corrected chi connectivity index (χ2v) is 9.38. The van der Waals surface area contributed by atoms with Gasteiger partial charge in [0.2, 0.25) is 5.95 Å². The highest BCUT2D eigenvalue weighted by atomic mass is 16.2. The molecule has 1 aromatic heterocycles. The number of nitrogens with zero attached hydrogens (tertiary/aromatic N) is 4. The quantitative estimate of drug-likeness (QED) is 0.705. The summed E-state index contributed by atoms with van der Waals surface area (Å²) in [4.78, 5) is 26.0. The minimum Gasteiger partial charge on any atom is -0.362 e. The molecule has 3 N–H and O–H groups in total. The Morgan fingerprint density at radius 1 is 1.06 bits per heavy atom. The van der Waals surface area contributed by atoms with Crippen molar-refractivity contribution in [2.24, 2.45) is 5.73 Å². The zero-order valence-corrected chi connectivity index (χ0v) is 19.6. The predicted molar refractivity (Wildman–Crippen MR) is 129 cm³/mol. The van der Waals surface area contributed by atoms with Crippen LogP contribution in [0.5, 0.6) is 0 Å². The molecular formula is C25H36N6O. The van der Waals surface area contributed by atoms with Crippen LogP contribution in [0, 0.1) is 0 Å². The first-order valence-electron chi connectivity index (χ1n) is 11.9. The number of nitrogens with two attached hydrogens (primary N) is 1. The summed E-state index contributed by atoms with van der Waals surface area (Å²) in [5, 5.41) is 3.59. The first kappa shape index (κ1) is 22.4. The lowest BCUT2D eigenvalue weighted by Gasteiger charge is -2.39. The van der Waals surface area contributed by atoms with Crippen LogP contribution < -0.4 is 16.0 Å². The summed E-state index contributed by atoms with van der Waals surface area (Å²) >= 11 is 0. The van der Waals surface area contributed by atoms with Crippen molar-refractivity contribution in [2.45, 2.75) is 76.4 Å². The third kappa shape index (κ3) is 4.81. The van der Waals surface area contributed by atoms with Gasteiger partial charge in [-0.05, 0) is 63.9 Å². The van der Waals surface area contributed by atoms with Gasteiger partial charge in [0.25, 0.3) is 0 Å². The van der Waals surface area contributed by atoms with Crippen molar-refractivity contribution < 1.29 is 4.79 Å². The minimum atomic E-state index is -0.341. The summed E-state index contributed by atoms with van der Waals surface area (Å²) in [6.45, 7) is 2.06. The molecule has 1 aromatic carbocycles. The number of hydrogen-bond donors (Lipinski definition) is 2. The zero-order valence-electron chi connectivity index (χ0n) is 19.6. The van der Waals surface area contributed by atoms with E-state index in [4.69, 9.17) is 15.7 Å². The molecule has 1 saturated carbocycles. The Bertz CT molecular complexity index is 924. The van der Waals surface area contributed by atoms with Crippen molar-refractivity contribution in [3.63, 3.8) is 0 Å². The lowest BCUT2D eigenvalue weighted by atomic mass is 9.89. The third-order valence-electron chi connectivity index (χ3n) is 6.96. The summed E-state index contributed by atoms with van der Waals surface area (Å²) in [5.74, 6) is 1.78. The fraction of sp³-hybridized carbons (Fsp3) is 0.560. The number of primary amides is 1. The van der Waals surface area contributed by atoms with E-state index in [-0.39, 0.29) is 18.1 Å². The van der Waals surface area contributed by atoms with Gasteiger partial charge in [-0.15, -0.1) is 0 Å². The molecule has 0 bridgehead atoms. The van der Waals surface area contributed by atoms with Crippen LogP contribution in [0.2, 0.25) is 0 Å². The molecule has 0 spiro atoms. The largest absolute Gasteiger partial charge is 0.362 e. The second-order valence-electron chi connectivity index (χ2n) is 9.38. The van der Waals surface area contributed by atoms with Crippen molar-refractivity contribution in [1.29, 1.82) is 0 Å². The number of nitrogens with one attached hydrogen (secondary N) is 1. The van der Waals surface area contributed by atoms with E-state index in [1.165, 1.54) is 24.1 Å². The molecule has 1 unspecified atom stereocenters. The van der Waals surface area contributed by atoms with Crippen molar-refractivity contribution in [2.75, 3.05) is 24.3 Å². The van der Waals surface area contributed by atoms with Crippen LogP contribution in [0.15, 0.2) is 30.3 Å². The molecule has 2 amide bonds. The van der Waals surface area contributed by atoms with Gasteiger partial charge in [-0.2, -0.15) is 4.98 Å². The first-order valence-corrected chi connectivity index (χ1v) is 11.9. The van der Waals surface area contributed by atoms with Crippen molar-refractivity contribution >= 4 is 17.8 Å². The molecule has 1 atom stereocenters. The van der Waals surface area contributed by atoms with Crippen LogP contribution in [0.3, 0.4) is 0 Å². The van der Waals surface area contributed by atoms with Gasteiger partial charge in [-0.3, -0.25) is 0 Å². The third-order valence-corrected chi connectivity index (χ3v) is 6.96. The maximum Gasteiger partial charge on any atom is 0.315 e. The SMILES string of the molecule is CC(c1ccccc1)N(C(N)=O)[C@H]1CC[C@@H](Nc2nc3c(c(N(C)C)n2)CCCC3)CC1. The number of rotatable bonds is 6. The van der Waals surface area contributed by atoms with Crippen LogP contribution in [0.4, 0.5) is 16.6 Å². The smallest absolute Gasteiger partial charge is 0.315 e. The Morgan fingerprint density at radius 3 is 2.41 bits per heavy atom. The standard InChI is InChI=1S/C25H36N6O/c1-17(18-9-5-4-6-10-18)31(24(26)32)20-15-13-19(14-16-20)27-25-28-22-12-8-7-11-21(22)23(29-25)30(2)3/h4-6,9-10,17,19-20H,7-8,11-16H2,1-3H3,(H2,26,32)(H,27,28,29)/t17?,19-,20+. The van der Waals surface area contributed by atoms with E-state index in [0.29, 0.717) is 6.04 Å². The molecule has 2 aromatic rings. The summed E-state index contributed by atoms with van der Waals surface area (Å²) in [5.41, 5.74) is 9.44. The monoisotopic (exact) mass is 436 g/mol. The van der Waals surface area contributed by atoms with Crippen molar-refractivity contribution in [3.8, 4) is 0 Å². The molecule has 0 radical (unpaired) electrons. The fourth-order valence-electron chi connectivity index (χ4n) is 5.27. The van der Waals surface area contributed by atoms with Gasteiger partial charge in [0, 0.05) is 31.7 Å². The molecule has 4 rings (SSSR count). The second kappa shape index (κ2) is 9.76. The topological polar surface area (TPSA) is 87.4 Å². The van der Waals surface area contributed by atoms with Crippen LogP contribution in [0.1, 0.15) is 68.3 Å². The summed E-state index contributed by atoms with van der Waals surface area (Å²) < 4.78 is 0. The summed E-state index contributed by atoms with van der Waals surface area (Å²) in [6, 6.07) is 10.2. The average Bonchev–Trinajstić information content (AvgIpc) is 2.80. The molecule has 7 nitrogen and oxygen atoms in total. The lowest BCUT2D eigenvalue weighted by Crippen LogP contribution is -2.47. The Labute approximate surface area is 191 Å². The molecule has 0 aliphatic heterocycles. The van der Waals surface area contributed by atoms with Crippen LogP contribution in [0.25, 0.3) is 0 Å². The van der Waals surface area contributed by atoms with Gasteiger partial charge in [0.05, 0.1) is 11.7 Å². The maximum atomic E-state index is 12.3. The minimum absolute atomic E-state index is 0.0326. The van der Waals surface area contributed by atoms with Crippen LogP contribution >= 0.6 is 0 Å². The van der Waals surface area contributed by atoms with Crippen molar-refractivity contribution in [3.05, 3.63) is 47.2 Å². The van der Waals surface area contributed by atoms with E-state index in [0.717, 1.165) is 55.9 Å². The van der Waals surface area contributed by atoms with Gasteiger partial charge in [-0.1, -0.05) is 30.3 Å². The summed E-state index contributed by atoms with van der Waals surface area (Å²) in [6.07, 6.45) is 8.28. The highest BCUT2D eigenvalue weighted by Gasteiger charge is 2.32. The van der Waals surface area contributed by atoms with Gasteiger partial charge in [-0.25, -0.2) is 9.78 Å². The number of hydrogen-bond acceptors (Lipinski definition) is 5. The Kier molecular flexibility index (Phi) is 6.82. The van der Waals surface area contributed by atoms with Crippen molar-refractivity contribution in [1.82, 2.24) is 14.9 Å². The van der Waals surface area contributed by atoms with Crippen LogP contribution in [-0.2, 0) is 12.8 Å². The highest BCUT2D eigenvalue weighted by Crippen LogP contribution is 2.32. The van der Waals surface area contributed by atoms with Gasteiger partial charge < -0.3 is 20.9 Å². The fourth-order valence-corrected chi connectivity index (χ4v) is 5.27. The summed E-state index contributed by atoms with van der Waals surface area (Å²) in [7, 11) is 4.11. The van der Waals surface area contributed by atoms with Gasteiger partial charge in [0.15, 0.2) is 0 Å². The molecular weight excluding hydrogens is 400 g/mol. The molecule has 0 saturated heterocycles. The molecule has 1 fully saturated rings. The van der Waals surface area contributed by atoms with E-state index in [1.54, 1.807) is 0 Å². The number of carbonyl (C=O) groups is 1. The van der Waals surface area contributed by atoms with E-state index in [1.807, 2.05) is 23.1 Å². The number of benzene rings is 1. The zero-order chi connectivity index (χ0) is 22.7. The maximum absolute atomic E-state index is 12.3. The normalized spacial score (nSPS) is 21.3. The number of amides is 2. The molecule has 2 aliphatic carbocycles. The van der Waals surface area contributed by atoms with Gasteiger partial charge in [0.1, 0.15) is 5.82 Å². The number of fused-ring (bicyclic) bond motifs is 1. The lowest BCUT2D eigenvalue weighted by molar-refractivity contribution is 0.133. The highest BCUT2D eigenvalue weighted by molar-refractivity contribution is 5.73. The predicted octanol–water partition coefficient (Wildman–Crippen LogP) is 4.29. The number of aromatic nitrogens is 2. The Balaban J connectivity index is 1.42.